The lowest BCUT2D eigenvalue weighted by atomic mass is 9.96. The Balaban J connectivity index is 2.33. The van der Waals surface area contributed by atoms with E-state index in [1.165, 1.54) is 0 Å². The molecule has 0 aliphatic carbocycles. The number of amides is 2. The maximum atomic E-state index is 12.0. The van der Waals surface area contributed by atoms with Gasteiger partial charge in [-0.25, -0.2) is 4.79 Å². The Bertz CT molecular complexity index is 459. The molecule has 0 radical (unpaired) electrons. The van der Waals surface area contributed by atoms with Crippen LogP contribution in [0.25, 0.3) is 0 Å². The van der Waals surface area contributed by atoms with E-state index in [4.69, 9.17) is 0 Å². The molecule has 0 N–H and O–H groups in total. The summed E-state index contributed by atoms with van der Waals surface area (Å²) in [6, 6.07) is 7.85. The molecule has 1 atom stereocenters. The van der Waals surface area contributed by atoms with Crippen LogP contribution in [0.5, 0.6) is 0 Å². The maximum Gasteiger partial charge on any atom is 0.324 e. The molecule has 0 saturated carbocycles. The average Bonchev–Trinajstić information content (AvgIpc) is 2.70. The van der Waals surface area contributed by atoms with E-state index in [2.05, 4.69) is 0 Å². The summed E-state index contributed by atoms with van der Waals surface area (Å²) in [5.41, 5.74) is 1.99. The van der Waals surface area contributed by atoms with Crippen molar-refractivity contribution in [2.75, 3.05) is 25.0 Å². The number of carbonyl (C=O) groups is 2. The Morgan fingerprint density at radius 1 is 1.33 bits per heavy atom. The summed E-state index contributed by atoms with van der Waals surface area (Å²) in [5.74, 6) is 0.136. The van der Waals surface area contributed by atoms with Crippen LogP contribution in [0.2, 0.25) is 0 Å². The maximum absolute atomic E-state index is 12.0. The Hall–Kier alpha value is -1.84. The van der Waals surface area contributed by atoms with E-state index in [0.717, 1.165) is 24.1 Å². The second-order valence-corrected chi connectivity index (χ2v) is 4.72. The van der Waals surface area contributed by atoms with E-state index < -0.39 is 0 Å². The van der Waals surface area contributed by atoms with Crippen LogP contribution >= 0.6 is 0 Å². The minimum Gasteiger partial charge on any atom is -0.326 e. The summed E-state index contributed by atoms with van der Waals surface area (Å²) >= 11 is 0. The van der Waals surface area contributed by atoms with E-state index in [0.29, 0.717) is 13.0 Å². The zero-order valence-corrected chi connectivity index (χ0v) is 10.8. The molecule has 1 heterocycles. The van der Waals surface area contributed by atoms with Crippen LogP contribution in [0.15, 0.2) is 24.3 Å². The molecule has 96 valence electrons. The van der Waals surface area contributed by atoms with Gasteiger partial charge >= 0.3 is 6.03 Å². The third kappa shape index (κ3) is 2.23. The van der Waals surface area contributed by atoms with E-state index >= 15 is 0 Å². The van der Waals surface area contributed by atoms with Gasteiger partial charge in [-0.1, -0.05) is 25.1 Å². The molecule has 1 unspecified atom stereocenters. The number of benzene rings is 1. The minimum atomic E-state index is 0.0285. The minimum absolute atomic E-state index is 0.0285. The first kappa shape index (κ1) is 12.6. The lowest BCUT2D eigenvalue weighted by Gasteiger charge is -2.22. The van der Waals surface area contributed by atoms with Crippen LogP contribution in [0.3, 0.4) is 0 Å². The molecule has 1 aliphatic heterocycles. The van der Waals surface area contributed by atoms with Gasteiger partial charge in [-0.15, -0.1) is 0 Å². The molecule has 0 spiro atoms. The Morgan fingerprint density at radius 3 is 2.67 bits per heavy atom. The molecule has 0 bridgehead atoms. The zero-order valence-electron chi connectivity index (χ0n) is 10.8. The molecule has 4 heteroatoms. The predicted molar refractivity (Wildman–Crippen MR) is 70.9 cm³/mol. The Labute approximate surface area is 107 Å². The van der Waals surface area contributed by atoms with Gasteiger partial charge in [-0.2, -0.15) is 0 Å². The lowest BCUT2D eigenvalue weighted by molar-refractivity contribution is -0.108. The highest BCUT2D eigenvalue weighted by molar-refractivity contribution is 5.94. The molecule has 1 fully saturated rings. The first-order valence-electron chi connectivity index (χ1n) is 6.20. The molecular formula is C14H18N2O2. The van der Waals surface area contributed by atoms with Gasteiger partial charge in [0.05, 0.1) is 0 Å². The lowest BCUT2D eigenvalue weighted by Crippen LogP contribution is -2.30. The Kier molecular flexibility index (Phi) is 3.65. The molecule has 1 aromatic carbocycles. The van der Waals surface area contributed by atoms with Gasteiger partial charge in [0, 0.05) is 32.2 Å². The van der Waals surface area contributed by atoms with Gasteiger partial charge in [0.15, 0.2) is 0 Å². The van der Waals surface area contributed by atoms with Crippen molar-refractivity contribution in [3.63, 3.8) is 0 Å². The van der Waals surface area contributed by atoms with Crippen LogP contribution in [0.4, 0.5) is 10.5 Å². The number of hydrogen-bond donors (Lipinski definition) is 0. The topological polar surface area (TPSA) is 40.6 Å². The van der Waals surface area contributed by atoms with E-state index in [-0.39, 0.29) is 11.9 Å². The van der Waals surface area contributed by atoms with Crippen molar-refractivity contribution in [3.05, 3.63) is 29.8 Å². The molecule has 1 saturated heterocycles. The van der Waals surface area contributed by atoms with Crippen molar-refractivity contribution in [2.24, 2.45) is 0 Å². The van der Waals surface area contributed by atoms with Crippen LogP contribution in [-0.4, -0.2) is 37.4 Å². The second-order valence-electron chi connectivity index (χ2n) is 4.72. The Morgan fingerprint density at radius 2 is 2.06 bits per heavy atom. The van der Waals surface area contributed by atoms with Gasteiger partial charge in [-0.3, -0.25) is 4.90 Å². The number of carbonyl (C=O) groups excluding carboxylic acids is 2. The van der Waals surface area contributed by atoms with Crippen molar-refractivity contribution in [3.8, 4) is 0 Å². The molecule has 4 nitrogen and oxygen atoms in total. The van der Waals surface area contributed by atoms with Crippen LogP contribution in [0.1, 0.15) is 24.8 Å². The zero-order chi connectivity index (χ0) is 13.1. The normalized spacial score (nSPS) is 17.1. The summed E-state index contributed by atoms with van der Waals surface area (Å²) < 4.78 is 0. The van der Waals surface area contributed by atoms with E-state index in [1.807, 2.05) is 31.2 Å². The number of para-hydroxylation sites is 1. The van der Waals surface area contributed by atoms with E-state index in [9.17, 15) is 9.59 Å². The van der Waals surface area contributed by atoms with Crippen LogP contribution in [-0.2, 0) is 4.79 Å². The monoisotopic (exact) mass is 246 g/mol. The molecule has 1 aromatic rings. The second kappa shape index (κ2) is 5.21. The largest absolute Gasteiger partial charge is 0.326 e. The van der Waals surface area contributed by atoms with Gasteiger partial charge < -0.3 is 9.69 Å². The fourth-order valence-electron chi connectivity index (χ4n) is 2.29. The van der Waals surface area contributed by atoms with Gasteiger partial charge in [0.25, 0.3) is 0 Å². The molecular weight excluding hydrogens is 228 g/mol. The number of anilines is 1. The van der Waals surface area contributed by atoms with Crippen molar-refractivity contribution in [1.29, 1.82) is 0 Å². The molecule has 2 amide bonds. The average molecular weight is 246 g/mol. The number of urea groups is 1. The van der Waals surface area contributed by atoms with Gasteiger partial charge in [0.1, 0.15) is 6.29 Å². The third-order valence-corrected chi connectivity index (χ3v) is 3.42. The fourth-order valence-corrected chi connectivity index (χ4v) is 2.29. The third-order valence-electron chi connectivity index (χ3n) is 3.42. The van der Waals surface area contributed by atoms with Gasteiger partial charge in [-0.05, 0) is 17.5 Å². The molecule has 18 heavy (non-hydrogen) atoms. The van der Waals surface area contributed by atoms with Crippen molar-refractivity contribution in [2.45, 2.75) is 19.3 Å². The highest BCUT2D eigenvalue weighted by atomic mass is 16.2. The highest BCUT2D eigenvalue weighted by Crippen LogP contribution is 2.30. The van der Waals surface area contributed by atoms with Crippen LogP contribution < -0.4 is 4.90 Å². The van der Waals surface area contributed by atoms with Gasteiger partial charge in [0.2, 0.25) is 0 Å². The van der Waals surface area contributed by atoms with E-state index in [1.54, 1.807) is 16.8 Å². The summed E-state index contributed by atoms with van der Waals surface area (Å²) in [6.07, 6.45) is 1.41. The van der Waals surface area contributed by atoms with Crippen molar-refractivity contribution < 1.29 is 9.59 Å². The number of aldehydes is 1. The summed E-state index contributed by atoms with van der Waals surface area (Å²) in [6.45, 7) is 3.47. The standard InChI is InChI=1S/C14H18N2O2/c1-11(7-10-17)12-5-3-4-6-13(12)16-9-8-15(2)14(16)18/h3-6,10-11H,7-9H2,1-2H3. The smallest absolute Gasteiger partial charge is 0.324 e. The van der Waals surface area contributed by atoms with Crippen molar-refractivity contribution in [1.82, 2.24) is 4.90 Å². The SMILES string of the molecule is CC(CC=O)c1ccccc1N1CCN(C)C1=O. The molecule has 0 aromatic heterocycles. The predicted octanol–water partition coefficient (Wildman–Crippen LogP) is 2.25. The number of hydrogen-bond acceptors (Lipinski definition) is 2. The van der Waals surface area contributed by atoms with Crippen molar-refractivity contribution >= 4 is 18.0 Å². The number of likely N-dealkylation sites (N-methyl/N-ethyl adjacent to an activating group) is 1. The summed E-state index contributed by atoms with van der Waals surface area (Å²) in [5, 5.41) is 0. The summed E-state index contributed by atoms with van der Waals surface area (Å²) in [7, 11) is 1.81. The highest BCUT2D eigenvalue weighted by Gasteiger charge is 2.28. The molecule has 2 rings (SSSR count). The number of rotatable bonds is 4. The first-order valence-corrected chi connectivity index (χ1v) is 6.20. The molecule has 1 aliphatic rings. The van der Waals surface area contributed by atoms with Crippen LogP contribution in [0, 0.1) is 0 Å². The summed E-state index contributed by atoms with van der Waals surface area (Å²) in [4.78, 5) is 26.2. The fraction of sp³-hybridized carbons (Fsp3) is 0.429. The first-order chi connectivity index (χ1) is 8.65. The number of nitrogens with zero attached hydrogens (tertiary/aromatic N) is 2. The quantitative estimate of drug-likeness (QED) is 0.764.